The lowest BCUT2D eigenvalue weighted by Crippen LogP contribution is -1.95. The van der Waals surface area contributed by atoms with Gasteiger partial charge >= 0.3 is 0 Å². The van der Waals surface area contributed by atoms with Crippen LogP contribution < -0.4 is 23.7 Å². The number of benzene rings is 2. The molecule has 2 rings (SSSR count). The monoisotopic (exact) mass is 426 g/mol. The van der Waals surface area contributed by atoms with Crippen LogP contribution >= 0.6 is 0 Å². The minimum absolute atomic E-state index is 0.191. The molecule has 0 heterocycles. The Bertz CT molecular complexity index is 1000. The van der Waals surface area contributed by atoms with E-state index < -0.39 is 5.78 Å². The first-order valence-electron chi connectivity index (χ1n) is 9.28. The molecule has 0 saturated carbocycles. The van der Waals surface area contributed by atoms with Gasteiger partial charge in [-0.05, 0) is 42.0 Å². The fraction of sp³-hybridized carbons (Fsp3) is 0.208. The van der Waals surface area contributed by atoms with E-state index in [2.05, 4.69) is 0 Å². The SMILES string of the molecule is COc1cc(OC)c(OC)cc1/C=C/C(=O)/C=C(O)/C=C/c1ccc(OC)c(OC)c1. The van der Waals surface area contributed by atoms with Crippen molar-refractivity contribution < 1.29 is 33.6 Å². The predicted molar refractivity (Wildman–Crippen MR) is 119 cm³/mol. The molecule has 0 radical (unpaired) electrons. The first-order chi connectivity index (χ1) is 14.9. The molecule has 164 valence electrons. The minimum atomic E-state index is -0.397. The van der Waals surface area contributed by atoms with E-state index in [0.29, 0.717) is 34.3 Å². The fourth-order valence-corrected chi connectivity index (χ4v) is 2.74. The van der Waals surface area contributed by atoms with Gasteiger partial charge in [-0.1, -0.05) is 12.1 Å². The molecule has 2 aromatic carbocycles. The molecule has 0 atom stereocenters. The fourth-order valence-electron chi connectivity index (χ4n) is 2.74. The number of ketones is 1. The van der Waals surface area contributed by atoms with Crippen molar-refractivity contribution >= 4 is 17.9 Å². The lowest BCUT2D eigenvalue weighted by molar-refractivity contribution is -0.110. The van der Waals surface area contributed by atoms with Crippen molar-refractivity contribution in [1.82, 2.24) is 0 Å². The van der Waals surface area contributed by atoms with Crippen LogP contribution in [0.5, 0.6) is 28.7 Å². The van der Waals surface area contributed by atoms with Crippen LogP contribution in [0.2, 0.25) is 0 Å². The Hall–Kier alpha value is -3.87. The second kappa shape index (κ2) is 11.3. The van der Waals surface area contributed by atoms with Crippen molar-refractivity contribution in [3.05, 3.63) is 65.4 Å². The lowest BCUT2D eigenvalue weighted by Gasteiger charge is -2.11. The van der Waals surface area contributed by atoms with E-state index in [1.807, 2.05) is 0 Å². The molecule has 0 aliphatic carbocycles. The summed E-state index contributed by atoms with van der Waals surface area (Å²) < 4.78 is 26.3. The predicted octanol–water partition coefficient (Wildman–Crippen LogP) is 4.47. The maximum absolute atomic E-state index is 12.2. The first-order valence-corrected chi connectivity index (χ1v) is 9.28. The van der Waals surface area contributed by atoms with Crippen molar-refractivity contribution in [3.8, 4) is 28.7 Å². The summed E-state index contributed by atoms with van der Waals surface area (Å²) in [5.74, 6) is 2.12. The van der Waals surface area contributed by atoms with Gasteiger partial charge in [0.2, 0.25) is 0 Å². The van der Waals surface area contributed by atoms with Crippen molar-refractivity contribution in [2.75, 3.05) is 35.5 Å². The first kappa shape index (κ1) is 23.4. The maximum atomic E-state index is 12.2. The van der Waals surface area contributed by atoms with Gasteiger partial charge < -0.3 is 28.8 Å². The number of rotatable bonds is 10. The third kappa shape index (κ3) is 6.30. The largest absolute Gasteiger partial charge is 0.508 e. The van der Waals surface area contributed by atoms with Gasteiger partial charge in [0, 0.05) is 17.7 Å². The van der Waals surface area contributed by atoms with Crippen LogP contribution in [0.15, 0.2) is 54.3 Å². The normalized spacial score (nSPS) is 11.6. The standard InChI is InChI=1S/C24H26O7/c1-27-20-11-7-16(12-22(20)29-3)6-9-18(25)14-19(26)10-8-17-13-23(30-4)24(31-5)15-21(17)28-2/h6-15,25H,1-5H3/b9-6+,10-8+,18-14-. The summed E-state index contributed by atoms with van der Waals surface area (Å²) in [6.07, 6.45) is 7.09. The van der Waals surface area contributed by atoms with Crippen LogP contribution in [0, 0.1) is 0 Å². The number of carbonyl (C=O) groups is 1. The van der Waals surface area contributed by atoms with Gasteiger partial charge in [0.25, 0.3) is 0 Å². The van der Waals surface area contributed by atoms with E-state index in [1.165, 1.54) is 33.5 Å². The summed E-state index contributed by atoms with van der Waals surface area (Å²) in [6.45, 7) is 0. The molecular weight excluding hydrogens is 400 g/mol. The van der Waals surface area contributed by atoms with E-state index in [0.717, 1.165) is 11.6 Å². The molecule has 7 nitrogen and oxygen atoms in total. The number of hydrogen-bond donors (Lipinski definition) is 1. The summed E-state index contributed by atoms with van der Waals surface area (Å²) in [5, 5.41) is 10.1. The molecule has 0 amide bonds. The molecule has 0 unspecified atom stereocenters. The molecular formula is C24H26O7. The molecule has 0 fully saturated rings. The zero-order valence-corrected chi connectivity index (χ0v) is 18.2. The van der Waals surface area contributed by atoms with Crippen LogP contribution in [-0.4, -0.2) is 46.4 Å². The average molecular weight is 426 g/mol. The summed E-state index contributed by atoms with van der Waals surface area (Å²) in [4.78, 5) is 12.2. The zero-order valence-electron chi connectivity index (χ0n) is 18.2. The third-order valence-electron chi connectivity index (χ3n) is 4.31. The number of carbonyl (C=O) groups excluding carboxylic acids is 1. The molecule has 0 aromatic heterocycles. The molecule has 0 spiro atoms. The number of hydrogen-bond acceptors (Lipinski definition) is 7. The van der Waals surface area contributed by atoms with Gasteiger partial charge in [0.15, 0.2) is 28.8 Å². The van der Waals surface area contributed by atoms with E-state index >= 15 is 0 Å². The highest BCUT2D eigenvalue weighted by Gasteiger charge is 2.10. The quantitative estimate of drug-likeness (QED) is 0.341. The summed E-state index contributed by atoms with van der Waals surface area (Å²) in [7, 11) is 7.67. The smallest absolute Gasteiger partial charge is 0.182 e. The van der Waals surface area contributed by atoms with Crippen molar-refractivity contribution in [2.24, 2.45) is 0 Å². The highest BCUT2D eigenvalue weighted by molar-refractivity contribution is 6.02. The second-order valence-corrected chi connectivity index (χ2v) is 6.20. The van der Waals surface area contributed by atoms with Gasteiger partial charge in [-0.2, -0.15) is 0 Å². The van der Waals surface area contributed by atoms with Crippen LogP contribution in [0.3, 0.4) is 0 Å². The third-order valence-corrected chi connectivity index (χ3v) is 4.31. The van der Waals surface area contributed by atoms with Gasteiger partial charge in [-0.25, -0.2) is 0 Å². The van der Waals surface area contributed by atoms with Crippen LogP contribution in [0.1, 0.15) is 11.1 Å². The van der Waals surface area contributed by atoms with Crippen molar-refractivity contribution in [2.45, 2.75) is 0 Å². The number of aliphatic hydroxyl groups excluding tert-OH is 1. The number of aliphatic hydroxyl groups is 1. The van der Waals surface area contributed by atoms with Crippen LogP contribution in [-0.2, 0) is 4.79 Å². The second-order valence-electron chi connectivity index (χ2n) is 6.20. The van der Waals surface area contributed by atoms with Gasteiger partial charge in [0.05, 0.1) is 35.5 Å². The minimum Gasteiger partial charge on any atom is -0.508 e. The summed E-state index contributed by atoms with van der Waals surface area (Å²) in [5.41, 5.74) is 1.40. The zero-order chi connectivity index (χ0) is 22.8. The molecule has 0 saturated heterocycles. The summed E-state index contributed by atoms with van der Waals surface area (Å²) >= 11 is 0. The van der Waals surface area contributed by atoms with Gasteiger partial charge in [-0.3, -0.25) is 4.79 Å². The summed E-state index contributed by atoms with van der Waals surface area (Å²) in [6, 6.07) is 8.68. The number of methoxy groups -OCH3 is 5. The molecule has 2 aromatic rings. The Morgan fingerprint density at radius 2 is 1.29 bits per heavy atom. The molecule has 1 N–H and O–H groups in total. The van der Waals surface area contributed by atoms with E-state index in [4.69, 9.17) is 23.7 Å². The Labute approximate surface area is 181 Å². The molecule has 0 bridgehead atoms. The Morgan fingerprint density at radius 1 is 0.710 bits per heavy atom. The Morgan fingerprint density at radius 3 is 1.90 bits per heavy atom. The van der Waals surface area contributed by atoms with Crippen molar-refractivity contribution in [3.63, 3.8) is 0 Å². The molecule has 31 heavy (non-hydrogen) atoms. The van der Waals surface area contributed by atoms with E-state index in [1.54, 1.807) is 56.7 Å². The Balaban J connectivity index is 2.15. The van der Waals surface area contributed by atoms with E-state index in [9.17, 15) is 9.90 Å². The lowest BCUT2D eigenvalue weighted by atomic mass is 10.1. The van der Waals surface area contributed by atoms with Gasteiger partial charge in [-0.15, -0.1) is 0 Å². The maximum Gasteiger partial charge on any atom is 0.182 e. The van der Waals surface area contributed by atoms with E-state index in [-0.39, 0.29) is 5.76 Å². The molecule has 0 aliphatic rings. The number of allylic oxidation sites excluding steroid dienone is 3. The number of ether oxygens (including phenoxy) is 5. The highest BCUT2D eigenvalue weighted by atomic mass is 16.5. The van der Waals surface area contributed by atoms with Crippen LogP contribution in [0.25, 0.3) is 12.2 Å². The molecule has 7 heteroatoms. The Kier molecular flexibility index (Phi) is 8.57. The van der Waals surface area contributed by atoms with Gasteiger partial charge in [0.1, 0.15) is 11.5 Å². The molecule has 0 aliphatic heterocycles. The highest BCUT2D eigenvalue weighted by Crippen LogP contribution is 2.35. The average Bonchev–Trinajstić information content (AvgIpc) is 2.80. The van der Waals surface area contributed by atoms with Crippen molar-refractivity contribution in [1.29, 1.82) is 0 Å². The topological polar surface area (TPSA) is 83.5 Å². The van der Waals surface area contributed by atoms with Crippen LogP contribution in [0.4, 0.5) is 0 Å².